The van der Waals surface area contributed by atoms with Crippen LogP contribution in [0.5, 0.6) is 5.75 Å². The van der Waals surface area contributed by atoms with E-state index in [0.29, 0.717) is 32.1 Å². The second-order valence-corrected chi connectivity index (χ2v) is 8.13. The molecule has 0 bridgehead atoms. The molecule has 0 spiro atoms. The Kier molecular flexibility index (Phi) is 4.59. The number of hydrogen-bond acceptors (Lipinski definition) is 5. The van der Waals surface area contributed by atoms with Gasteiger partial charge in [0.2, 0.25) is 5.91 Å². The smallest absolute Gasteiger partial charge is 0.225 e. The number of benzene rings is 1. The summed E-state index contributed by atoms with van der Waals surface area (Å²) < 4.78 is 34.3. The molecule has 2 aliphatic rings. The molecule has 23 heavy (non-hydrogen) atoms. The van der Waals surface area contributed by atoms with E-state index < -0.39 is 9.84 Å². The van der Waals surface area contributed by atoms with Crippen LogP contribution < -0.4 is 4.74 Å². The van der Waals surface area contributed by atoms with Crippen LogP contribution >= 0.6 is 0 Å². The van der Waals surface area contributed by atoms with Gasteiger partial charge in [-0.2, -0.15) is 0 Å². The van der Waals surface area contributed by atoms with Gasteiger partial charge in [0.1, 0.15) is 11.9 Å². The summed E-state index contributed by atoms with van der Waals surface area (Å²) >= 11 is 0. The fourth-order valence-corrected chi connectivity index (χ4v) is 3.23. The highest BCUT2D eigenvalue weighted by Gasteiger charge is 2.35. The van der Waals surface area contributed by atoms with E-state index in [1.165, 1.54) is 18.4 Å². The Morgan fingerprint density at radius 3 is 2.57 bits per heavy atom. The van der Waals surface area contributed by atoms with Crippen LogP contribution in [0, 0.1) is 5.92 Å². The molecule has 1 heterocycles. The van der Waals surface area contributed by atoms with Crippen LogP contribution in [0.25, 0.3) is 0 Å². The van der Waals surface area contributed by atoms with Crippen molar-refractivity contribution in [3.8, 4) is 5.75 Å². The monoisotopic (exact) mass is 339 g/mol. The molecule has 1 aliphatic heterocycles. The Hall–Kier alpha value is -1.60. The second kappa shape index (κ2) is 6.49. The SMILES string of the molecule is CS(=O)(=O)c1ccc(O[C@H]2COCCN(C(=O)C3CC3)C2)cc1. The molecule has 1 amide bonds. The van der Waals surface area contributed by atoms with Gasteiger partial charge in [-0.05, 0) is 37.1 Å². The van der Waals surface area contributed by atoms with E-state index in [9.17, 15) is 13.2 Å². The van der Waals surface area contributed by atoms with Crippen molar-refractivity contribution in [1.82, 2.24) is 4.90 Å². The Morgan fingerprint density at radius 1 is 1.26 bits per heavy atom. The lowest BCUT2D eigenvalue weighted by Crippen LogP contribution is -2.40. The van der Waals surface area contributed by atoms with Crippen LogP contribution in [0.4, 0.5) is 0 Å². The number of ether oxygens (including phenoxy) is 2. The number of carbonyl (C=O) groups excluding carboxylic acids is 1. The molecule has 1 atom stereocenters. The largest absolute Gasteiger partial charge is 0.486 e. The van der Waals surface area contributed by atoms with Gasteiger partial charge in [-0.15, -0.1) is 0 Å². The van der Waals surface area contributed by atoms with Gasteiger partial charge in [-0.3, -0.25) is 4.79 Å². The first kappa shape index (κ1) is 16.3. The third kappa shape index (κ3) is 4.23. The van der Waals surface area contributed by atoms with Crippen molar-refractivity contribution in [1.29, 1.82) is 0 Å². The van der Waals surface area contributed by atoms with Crippen molar-refractivity contribution in [2.75, 3.05) is 32.6 Å². The Labute approximate surface area is 136 Å². The highest BCUT2D eigenvalue weighted by Crippen LogP contribution is 2.31. The van der Waals surface area contributed by atoms with E-state index in [1.807, 2.05) is 4.90 Å². The first-order chi connectivity index (χ1) is 10.9. The molecule has 1 saturated carbocycles. The molecule has 3 rings (SSSR count). The molecule has 1 aromatic rings. The van der Waals surface area contributed by atoms with Crippen molar-refractivity contribution in [3.63, 3.8) is 0 Å². The highest BCUT2D eigenvalue weighted by molar-refractivity contribution is 7.90. The van der Waals surface area contributed by atoms with Crippen LogP contribution in [-0.4, -0.2) is 57.9 Å². The van der Waals surface area contributed by atoms with Crippen molar-refractivity contribution < 1.29 is 22.7 Å². The average molecular weight is 339 g/mol. The zero-order valence-electron chi connectivity index (χ0n) is 13.1. The van der Waals surface area contributed by atoms with Gasteiger partial charge in [-0.25, -0.2) is 8.42 Å². The standard InChI is InChI=1S/C16H21NO5S/c1-23(19,20)15-6-4-13(5-7-15)22-14-10-17(8-9-21-11-14)16(18)12-2-3-12/h4-7,12,14H,2-3,8-11H2,1H3/t14-/m1/s1. The summed E-state index contributed by atoms with van der Waals surface area (Å²) in [6.45, 7) is 2.04. The molecule has 0 unspecified atom stereocenters. The number of carbonyl (C=O) groups is 1. The number of rotatable bonds is 4. The molecule has 0 aromatic heterocycles. The van der Waals surface area contributed by atoms with Gasteiger partial charge >= 0.3 is 0 Å². The fourth-order valence-electron chi connectivity index (χ4n) is 2.60. The topological polar surface area (TPSA) is 72.9 Å². The van der Waals surface area contributed by atoms with Crippen molar-refractivity contribution in [2.45, 2.75) is 23.8 Å². The van der Waals surface area contributed by atoms with E-state index in [1.54, 1.807) is 12.1 Å². The average Bonchev–Trinajstić information content (AvgIpc) is 3.34. The van der Waals surface area contributed by atoms with E-state index in [0.717, 1.165) is 12.8 Å². The minimum Gasteiger partial charge on any atom is -0.486 e. The molecule has 2 fully saturated rings. The lowest BCUT2D eigenvalue weighted by atomic mass is 10.3. The highest BCUT2D eigenvalue weighted by atomic mass is 32.2. The van der Waals surface area contributed by atoms with Crippen LogP contribution in [0.3, 0.4) is 0 Å². The normalized spacial score (nSPS) is 22.5. The molecule has 1 aliphatic carbocycles. The van der Waals surface area contributed by atoms with Crippen LogP contribution in [0.1, 0.15) is 12.8 Å². The van der Waals surface area contributed by atoms with E-state index >= 15 is 0 Å². The fraction of sp³-hybridized carbons (Fsp3) is 0.562. The maximum absolute atomic E-state index is 12.2. The van der Waals surface area contributed by atoms with Crippen LogP contribution in [-0.2, 0) is 19.4 Å². The summed E-state index contributed by atoms with van der Waals surface area (Å²) in [5.74, 6) is 0.950. The van der Waals surface area contributed by atoms with Crippen LogP contribution in [0.15, 0.2) is 29.2 Å². The maximum atomic E-state index is 12.2. The van der Waals surface area contributed by atoms with Crippen molar-refractivity contribution in [2.24, 2.45) is 5.92 Å². The molecule has 1 saturated heterocycles. The first-order valence-corrected chi connectivity index (χ1v) is 9.66. The molecule has 6 nitrogen and oxygen atoms in total. The number of amides is 1. The first-order valence-electron chi connectivity index (χ1n) is 7.77. The zero-order chi connectivity index (χ0) is 16.4. The van der Waals surface area contributed by atoms with Gasteiger partial charge in [0, 0.05) is 18.7 Å². The lowest BCUT2D eigenvalue weighted by Gasteiger charge is -2.24. The quantitative estimate of drug-likeness (QED) is 0.821. The summed E-state index contributed by atoms with van der Waals surface area (Å²) in [7, 11) is -3.21. The van der Waals surface area contributed by atoms with Gasteiger partial charge in [-0.1, -0.05) is 0 Å². The third-order valence-electron chi connectivity index (χ3n) is 4.03. The summed E-state index contributed by atoms with van der Waals surface area (Å²) in [6, 6.07) is 6.31. The number of nitrogens with zero attached hydrogens (tertiary/aromatic N) is 1. The molecule has 0 radical (unpaired) electrons. The lowest BCUT2D eigenvalue weighted by molar-refractivity contribution is -0.133. The number of hydrogen-bond donors (Lipinski definition) is 0. The molecular weight excluding hydrogens is 318 g/mol. The minimum atomic E-state index is -3.21. The summed E-state index contributed by atoms with van der Waals surface area (Å²) in [5, 5.41) is 0. The molecule has 7 heteroatoms. The molecule has 0 N–H and O–H groups in total. The van der Waals surface area contributed by atoms with Crippen molar-refractivity contribution >= 4 is 15.7 Å². The second-order valence-electron chi connectivity index (χ2n) is 6.12. The Bertz CT molecular complexity index is 666. The summed E-state index contributed by atoms with van der Waals surface area (Å²) in [5.41, 5.74) is 0. The molecule has 1 aromatic carbocycles. The third-order valence-corrected chi connectivity index (χ3v) is 5.15. The van der Waals surface area contributed by atoms with Gasteiger partial charge in [0.25, 0.3) is 0 Å². The van der Waals surface area contributed by atoms with Gasteiger partial charge in [0.15, 0.2) is 9.84 Å². The molecular formula is C16H21NO5S. The van der Waals surface area contributed by atoms with E-state index in [-0.39, 0.29) is 22.8 Å². The Morgan fingerprint density at radius 2 is 1.96 bits per heavy atom. The van der Waals surface area contributed by atoms with Crippen LogP contribution in [0.2, 0.25) is 0 Å². The zero-order valence-corrected chi connectivity index (χ0v) is 13.9. The predicted molar refractivity (Wildman–Crippen MR) is 84.1 cm³/mol. The number of sulfone groups is 1. The minimum absolute atomic E-state index is 0.183. The van der Waals surface area contributed by atoms with Crippen molar-refractivity contribution in [3.05, 3.63) is 24.3 Å². The Balaban J connectivity index is 1.64. The maximum Gasteiger partial charge on any atom is 0.225 e. The van der Waals surface area contributed by atoms with Gasteiger partial charge in [0.05, 0.1) is 24.7 Å². The summed E-state index contributed by atoms with van der Waals surface area (Å²) in [4.78, 5) is 14.3. The molecule has 126 valence electrons. The van der Waals surface area contributed by atoms with E-state index in [2.05, 4.69) is 0 Å². The predicted octanol–water partition coefficient (Wildman–Crippen LogP) is 1.11. The van der Waals surface area contributed by atoms with Gasteiger partial charge < -0.3 is 14.4 Å². The van der Waals surface area contributed by atoms with E-state index in [4.69, 9.17) is 9.47 Å². The summed E-state index contributed by atoms with van der Waals surface area (Å²) in [6.07, 6.45) is 2.89.